The fourth-order valence-electron chi connectivity index (χ4n) is 4.58. The Kier molecular flexibility index (Phi) is 6.83. The second-order valence-corrected chi connectivity index (χ2v) is 8.91. The highest BCUT2D eigenvalue weighted by atomic mass is 19.1. The van der Waals surface area contributed by atoms with Gasteiger partial charge in [-0.1, -0.05) is 13.0 Å². The molecule has 0 radical (unpaired) electrons. The number of rotatable bonds is 8. The minimum absolute atomic E-state index is 0.189. The standard InChI is InChI=1S/C29H29FN6O2/c1-4-16-8-22(27(30)25(9-16)38-5-2)26(23-12-17-10-19(31)6-7-21(17)28(32)35-23)29-34-15-24(36-29)18-11-20(37-3)14-33-13-18/h6-15,26H,4-5,31H2,1-3H3,(H2,32,35)(H,34,36). The highest BCUT2D eigenvalue weighted by Gasteiger charge is 2.28. The lowest BCUT2D eigenvalue weighted by Crippen LogP contribution is -2.12. The third kappa shape index (κ3) is 4.70. The second-order valence-electron chi connectivity index (χ2n) is 8.91. The summed E-state index contributed by atoms with van der Waals surface area (Å²) in [7, 11) is 1.58. The number of benzene rings is 2. The van der Waals surface area contributed by atoms with E-state index < -0.39 is 11.7 Å². The van der Waals surface area contributed by atoms with Crippen molar-refractivity contribution in [3.05, 3.63) is 89.5 Å². The number of nitrogens with one attached hydrogen (secondary N) is 1. The summed E-state index contributed by atoms with van der Waals surface area (Å²) < 4.78 is 27.0. The lowest BCUT2D eigenvalue weighted by molar-refractivity contribution is 0.319. The Hall–Kier alpha value is -4.66. The molecule has 0 aliphatic carbocycles. The highest BCUT2D eigenvalue weighted by molar-refractivity contribution is 5.93. The summed E-state index contributed by atoms with van der Waals surface area (Å²) in [6.45, 7) is 4.17. The van der Waals surface area contributed by atoms with Crippen molar-refractivity contribution in [3.63, 3.8) is 0 Å². The van der Waals surface area contributed by atoms with Crippen molar-refractivity contribution >= 4 is 22.3 Å². The van der Waals surface area contributed by atoms with Gasteiger partial charge in [-0.25, -0.2) is 14.4 Å². The first-order chi connectivity index (χ1) is 18.4. The number of anilines is 2. The van der Waals surface area contributed by atoms with Gasteiger partial charge in [0.1, 0.15) is 17.4 Å². The number of fused-ring (bicyclic) bond motifs is 1. The van der Waals surface area contributed by atoms with Gasteiger partial charge >= 0.3 is 0 Å². The van der Waals surface area contributed by atoms with Crippen LogP contribution in [0.5, 0.6) is 11.5 Å². The van der Waals surface area contributed by atoms with Crippen LogP contribution in [0, 0.1) is 5.82 Å². The first-order valence-electron chi connectivity index (χ1n) is 12.4. The molecule has 194 valence electrons. The van der Waals surface area contributed by atoms with Crippen molar-refractivity contribution < 1.29 is 13.9 Å². The molecule has 0 aliphatic rings. The van der Waals surface area contributed by atoms with Gasteiger partial charge in [0.05, 0.1) is 37.2 Å². The Balaban J connectivity index is 1.74. The van der Waals surface area contributed by atoms with E-state index in [1.54, 1.807) is 37.8 Å². The van der Waals surface area contributed by atoms with Crippen molar-refractivity contribution in [2.45, 2.75) is 26.2 Å². The van der Waals surface area contributed by atoms with Gasteiger partial charge in [0, 0.05) is 34.6 Å². The molecule has 2 aromatic carbocycles. The quantitative estimate of drug-likeness (QED) is 0.235. The molecule has 38 heavy (non-hydrogen) atoms. The third-order valence-electron chi connectivity index (χ3n) is 6.46. The first kappa shape index (κ1) is 25.0. The molecule has 3 aromatic heterocycles. The van der Waals surface area contributed by atoms with Crippen LogP contribution in [0.3, 0.4) is 0 Å². The number of aromatic amines is 1. The van der Waals surface area contributed by atoms with Gasteiger partial charge in [-0.05, 0) is 60.7 Å². The van der Waals surface area contributed by atoms with Crippen LogP contribution in [0.2, 0.25) is 0 Å². The van der Waals surface area contributed by atoms with E-state index in [1.807, 2.05) is 44.2 Å². The van der Waals surface area contributed by atoms with E-state index in [9.17, 15) is 0 Å². The molecule has 9 heteroatoms. The summed E-state index contributed by atoms with van der Waals surface area (Å²) >= 11 is 0. The first-order valence-corrected chi connectivity index (χ1v) is 12.4. The predicted octanol–water partition coefficient (Wildman–Crippen LogP) is 5.47. The predicted molar refractivity (Wildman–Crippen MR) is 147 cm³/mol. The van der Waals surface area contributed by atoms with Crippen LogP contribution in [0.15, 0.2) is 61.1 Å². The zero-order valence-electron chi connectivity index (χ0n) is 21.5. The molecular formula is C29H29FN6O2. The van der Waals surface area contributed by atoms with E-state index >= 15 is 4.39 Å². The number of H-pyrrole nitrogens is 1. The molecule has 0 spiro atoms. The van der Waals surface area contributed by atoms with Crippen molar-refractivity contribution in [2.24, 2.45) is 0 Å². The van der Waals surface area contributed by atoms with Gasteiger partial charge in [0.25, 0.3) is 0 Å². The number of nitrogens with zero attached hydrogens (tertiary/aromatic N) is 3. The zero-order chi connectivity index (χ0) is 26.8. The van der Waals surface area contributed by atoms with Crippen LogP contribution in [0.25, 0.3) is 22.0 Å². The maximum absolute atomic E-state index is 16.0. The van der Waals surface area contributed by atoms with Gasteiger partial charge in [-0.3, -0.25) is 4.98 Å². The van der Waals surface area contributed by atoms with E-state index in [2.05, 4.69) is 9.97 Å². The summed E-state index contributed by atoms with van der Waals surface area (Å²) in [6.07, 6.45) is 5.77. The van der Waals surface area contributed by atoms with Crippen LogP contribution in [-0.4, -0.2) is 33.7 Å². The number of methoxy groups -OCH3 is 1. The summed E-state index contributed by atoms with van der Waals surface area (Å²) in [4.78, 5) is 17.0. The van der Waals surface area contributed by atoms with E-state index in [-0.39, 0.29) is 5.75 Å². The topological polar surface area (TPSA) is 125 Å². The molecule has 3 heterocycles. The molecule has 0 aliphatic heterocycles. The lowest BCUT2D eigenvalue weighted by Gasteiger charge is -2.20. The molecule has 1 atom stereocenters. The van der Waals surface area contributed by atoms with E-state index in [4.69, 9.17) is 30.9 Å². The number of imidazole rings is 1. The van der Waals surface area contributed by atoms with Gasteiger partial charge < -0.3 is 25.9 Å². The van der Waals surface area contributed by atoms with Crippen LogP contribution < -0.4 is 20.9 Å². The Morgan fingerprint density at radius 1 is 1.03 bits per heavy atom. The van der Waals surface area contributed by atoms with E-state index in [0.717, 1.165) is 21.9 Å². The van der Waals surface area contributed by atoms with E-state index in [0.29, 0.717) is 53.1 Å². The number of halogens is 1. The smallest absolute Gasteiger partial charge is 0.169 e. The van der Waals surface area contributed by atoms with Gasteiger partial charge in [0.15, 0.2) is 11.6 Å². The van der Waals surface area contributed by atoms with Crippen molar-refractivity contribution in [1.29, 1.82) is 0 Å². The number of ether oxygens (including phenoxy) is 2. The highest BCUT2D eigenvalue weighted by Crippen LogP contribution is 2.38. The Labute approximate surface area is 219 Å². The molecule has 0 saturated carbocycles. The molecule has 0 fully saturated rings. The maximum atomic E-state index is 16.0. The molecule has 5 N–H and O–H groups in total. The second kappa shape index (κ2) is 10.4. The van der Waals surface area contributed by atoms with Crippen LogP contribution in [-0.2, 0) is 6.42 Å². The van der Waals surface area contributed by atoms with Gasteiger partial charge in [-0.15, -0.1) is 0 Å². The fraction of sp³-hybridized carbons (Fsp3) is 0.207. The number of nitrogens with two attached hydrogens (primary N) is 2. The van der Waals surface area contributed by atoms with Crippen molar-refractivity contribution in [1.82, 2.24) is 19.9 Å². The third-order valence-corrected chi connectivity index (χ3v) is 6.46. The summed E-state index contributed by atoms with van der Waals surface area (Å²) in [5.74, 6) is 0.432. The van der Waals surface area contributed by atoms with Gasteiger partial charge in [-0.2, -0.15) is 0 Å². The van der Waals surface area contributed by atoms with Crippen LogP contribution in [0.4, 0.5) is 15.9 Å². The van der Waals surface area contributed by atoms with Crippen molar-refractivity contribution in [2.75, 3.05) is 25.2 Å². The summed E-state index contributed by atoms with van der Waals surface area (Å²) in [6, 6.07) is 12.7. The molecule has 1 unspecified atom stereocenters. The Morgan fingerprint density at radius 3 is 2.63 bits per heavy atom. The number of aromatic nitrogens is 4. The minimum atomic E-state index is -0.707. The number of pyridine rings is 2. The summed E-state index contributed by atoms with van der Waals surface area (Å²) in [5, 5.41) is 1.57. The van der Waals surface area contributed by atoms with Gasteiger partial charge in [0.2, 0.25) is 0 Å². The molecule has 0 bridgehead atoms. The Morgan fingerprint density at radius 2 is 1.87 bits per heavy atom. The average Bonchev–Trinajstić information content (AvgIpc) is 3.40. The summed E-state index contributed by atoms with van der Waals surface area (Å²) in [5.41, 5.74) is 16.2. The largest absolute Gasteiger partial charge is 0.495 e. The molecule has 5 rings (SSSR count). The number of aryl methyl sites for hydroxylation is 1. The van der Waals surface area contributed by atoms with E-state index in [1.165, 1.54) is 0 Å². The number of hydrogen-bond donors (Lipinski definition) is 3. The molecule has 0 amide bonds. The lowest BCUT2D eigenvalue weighted by atomic mass is 9.90. The monoisotopic (exact) mass is 512 g/mol. The molecule has 0 saturated heterocycles. The normalized spacial score (nSPS) is 12.0. The molecule has 5 aromatic rings. The molecular weight excluding hydrogens is 483 g/mol. The maximum Gasteiger partial charge on any atom is 0.169 e. The number of nitrogen functional groups attached to an aromatic ring is 2. The fourth-order valence-corrected chi connectivity index (χ4v) is 4.58. The SMILES string of the molecule is CCOc1cc(CC)cc(C(c2cc3cc(N)ccc3c(N)n2)c2nc(-c3cncc(OC)c3)c[nH]2)c1F. The molecule has 8 nitrogen and oxygen atoms in total. The van der Waals surface area contributed by atoms with Crippen LogP contribution in [0.1, 0.15) is 42.4 Å². The Bertz CT molecular complexity index is 1620. The average molecular weight is 513 g/mol. The van der Waals surface area contributed by atoms with Crippen molar-refractivity contribution in [3.8, 4) is 22.8 Å². The van der Waals surface area contributed by atoms with Crippen LogP contribution >= 0.6 is 0 Å². The number of hydrogen-bond acceptors (Lipinski definition) is 7. The zero-order valence-corrected chi connectivity index (χ0v) is 21.5. The minimum Gasteiger partial charge on any atom is -0.495 e.